The summed E-state index contributed by atoms with van der Waals surface area (Å²) < 4.78 is 0. The number of hydrogen-bond donors (Lipinski definition) is 1. The van der Waals surface area contributed by atoms with E-state index in [-0.39, 0.29) is 11.3 Å². The Morgan fingerprint density at radius 2 is 2.08 bits per heavy atom. The molecule has 0 bridgehead atoms. The molecular weight excluding hydrogens is 164 g/mol. The summed E-state index contributed by atoms with van der Waals surface area (Å²) in [6, 6.07) is 0. The van der Waals surface area contributed by atoms with E-state index < -0.39 is 0 Å². The van der Waals surface area contributed by atoms with Gasteiger partial charge in [0.1, 0.15) is 0 Å². The Bertz CT molecular complexity index is 235. The van der Waals surface area contributed by atoms with E-state index in [2.05, 4.69) is 11.8 Å². The van der Waals surface area contributed by atoms with Gasteiger partial charge in [0.15, 0.2) is 0 Å². The molecule has 3 heteroatoms. The van der Waals surface area contributed by atoms with Gasteiger partial charge in [-0.3, -0.25) is 4.79 Å². The predicted molar refractivity (Wildman–Crippen MR) is 53.9 cm³/mol. The molecule has 3 nitrogen and oxygen atoms in total. The minimum Gasteiger partial charge on any atom is -0.334 e. The van der Waals surface area contributed by atoms with Crippen LogP contribution in [0.5, 0.6) is 0 Å². The van der Waals surface area contributed by atoms with E-state index in [4.69, 9.17) is 5.73 Å². The first-order valence-corrected chi connectivity index (χ1v) is 4.31. The van der Waals surface area contributed by atoms with Gasteiger partial charge in [0.25, 0.3) is 5.91 Å². The fourth-order valence-corrected chi connectivity index (χ4v) is 0.981. The fourth-order valence-electron chi connectivity index (χ4n) is 0.981. The number of rotatable bonds is 3. The summed E-state index contributed by atoms with van der Waals surface area (Å²) in [4.78, 5) is 12.8. The van der Waals surface area contributed by atoms with Gasteiger partial charge >= 0.3 is 0 Å². The van der Waals surface area contributed by atoms with Crippen molar-refractivity contribution in [3.05, 3.63) is 0 Å². The third kappa shape index (κ3) is 4.54. The molecule has 0 aliphatic carbocycles. The zero-order valence-electron chi connectivity index (χ0n) is 8.85. The molecule has 0 radical (unpaired) electrons. The number of nitrogens with zero attached hydrogens (tertiary/aromatic N) is 1. The summed E-state index contributed by atoms with van der Waals surface area (Å²) in [7, 11) is 1.74. The Kier molecular flexibility index (Phi) is 4.50. The van der Waals surface area contributed by atoms with Crippen LogP contribution in [0.4, 0.5) is 0 Å². The van der Waals surface area contributed by atoms with Crippen molar-refractivity contribution in [1.29, 1.82) is 0 Å². The molecule has 0 aliphatic heterocycles. The van der Waals surface area contributed by atoms with Crippen LogP contribution in [0.3, 0.4) is 0 Å². The summed E-state index contributed by atoms with van der Waals surface area (Å²) in [5.74, 6) is 4.92. The number of amides is 1. The number of carbonyl (C=O) groups excluding carboxylic acids is 1. The van der Waals surface area contributed by atoms with Gasteiger partial charge in [0.05, 0.1) is 0 Å². The number of nitrogens with two attached hydrogens (primary N) is 1. The molecule has 0 saturated heterocycles. The summed E-state index contributed by atoms with van der Waals surface area (Å²) >= 11 is 0. The van der Waals surface area contributed by atoms with Crippen molar-refractivity contribution < 1.29 is 4.79 Å². The van der Waals surface area contributed by atoms with Gasteiger partial charge in [-0.1, -0.05) is 19.8 Å². The second-order valence-corrected chi connectivity index (χ2v) is 3.90. The largest absolute Gasteiger partial charge is 0.334 e. The molecule has 1 amide bonds. The van der Waals surface area contributed by atoms with Crippen LogP contribution in [-0.2, 0) is 4.79 Å². The third-order valence-electron chi connectivity index (χ3n) is 1.80. The van der Waals surface area contributed by atoms with E-state index in [0.717, 1.165) is 0 Å². The molecule has 0 aromatic carbocycles. The smallest absolute Gasteiger partial charge is 0.298 e. The van der Waals surface area contributed by atoms with Gasteiger partial charge in [-0.15, -0.1) is 0 Å². The molecule has 0 saturated carbocycles. The maximum absolute atomic E-state index is 11.2. The minimum atomic E-state index is -0.149. The van der Waals surface area contributed by atoms with E-state index in [1.54, 1.807) is 18.9 Å². The lowest BCUT2D eigenvalue weighted by atomic mass is 9.93. The van der Waals surface area contributed by atoms with Crippen LogP contribution in [0.2, 0.25) is 0 Å². The first-order valence-electron chi connectivity index (χ1n) is 4.31. The van der Waals surface area contributed by atoms with Crippen molar-refractivity contribution in [1.82, 2.24) is 4.90 Å². The SMILES string of the molecule is CC#CC(=O)N(C)CC(C)(C)CN. The van der Waals surface area contributed by atoms with Crippen molar-refractivity contribution >= 4 is 5.91 Å². The molecule has 13 heavy (non-hydrogen) atoms. The van der Waals surface area contributed by atoms with E-state index in [1.165, 1.54) is 0 Å². The molecule has 0 rings (SSSR count). The third-order valence-corrected chi connectivity index (χ3v) is 1.80. The van der Waals surface area contributed by atoms with Crippen LogP contribution >= 0.6 is 0 Å². The highest BCUT2D eigenvalue weighted by Crippen LogP contribution is 2.13. The van der Waals surface area contributed by atoms with Crippen LogP contribution in [0.25, 0.3) is 0 Å². The maximum Gasteiger partial charge on any atom is 0.298 e. The Morgan fingerprint density at radius 1 is 1.54 bits per heavy atom. The van der Waals surface area contributed by atoms with E-state index in [0.29, 0.717) is 13.1 Å². The van der Waals surface area contributed by atoms with Crippen LogP contribution in [0.15, 0.2) is 0 Å². The lowest BCUT2D eigenvalue weighted by Gasteiger charge is -2.27. The molecule has 0 atom stereocenters. The quantitative estimate of drug-likeness (QED) is 0.644. The molecule has 0 unspecified atom stereocenters. The zero-order valence-corrected chi connectivity index (χ0v) is 8.85. The molecule has 0 aromatic heterocycles. The lowest BCUT2D eigenvalue weighted by Crippen LogP contribution is -2.39. The first kappa shape index (κ1) is 12.0. The summed E-state index contributed by atoms with van der Waals surface area (Å²) in [6.07, 6.45) is 0. The Labute approximate surface area is 80.3 Å². The van der Waals surface area contributed by atoms with Crippen LogP contribution < -0.4 is 5.73 Å². The zero-order chi connectivity index (χ0) is 10.5. The standard InChI is InChI=1S/C10H18N2O/c1-5-6-9(13)12(4)8-10(2,3)7-11/h7-8,11H2,1-4H3. The van der Waals surface area contributed by atoms with Gasteiger partial charge in [0.2, 0.25) is 0 Å². The van der Waals surface area contributed by atoms with Crippen LogP contribution in [-0.4, -0.2) is 30.9 Å². The Balaban J connectivity index is 4.20. The second-order valence-electron chi connectivity index (χ2n) is 3.90. The molecule has 0 aliphatic rings. The highest BCUT2D eigenvalue weighted by molar-refractivity contribution is 5.93. The minimum absolute atomic E-state index is 0.0418. The van der Waals surface area contributed by atoms with Crippen molar-refractivity contribution in [3.63, 3.8) is 0 Å². The highest BCUT2D eigenvalue weighted by atomic mass is 16.2. The van der Waals surface area contributed by atoms with Gasteiger partial charge in [-0.05, 0) is 24.8 Å². The molecule has 0 fully saturated rings. The van der Waals surface area contributed by atoms with E-state index >= 15 is 0 Å². The average molecular weight is 182 g/mol. The highest BCUT2D eigenvalue weighted by Gasteiger charge is 2.19. The Morgan fingerprint density at radius 3 is 2.46 bits per heavy atom. The predicted octanol–water partition coefficient (Wildman–Crippen LogP) is 0.453. The van der Waals surface area contributed by atoms with Gasteiger partial charge < -0.3 is 10.6 Å². The summed E-state index contributed by atoms with van der Waals surface area (Å²) in [5, 5.41) is 0. The molecule has 2 N–H and O–H groups in total. The van der Waals surface area contributed by atoms with Gasteiger partial charge in [-0.25, -0.2) is 0 Å². The van der Waals surface area contributed by atoms with Crippen LogP contribution in [0, 0.1) is 17.3 Å². The maximum atomic E-state index is 11.2. The normalized spacial score (nSPS) is 10.2. The van der Waals surface area contributed by atoms with Crippen molar-refractivity contribution in [2.45, 2.75) is 20.8 Å². The van der Waals surface area contributed by atoms with Crippen molar-refractivity contribution in [2.75, 3.05) is 20.1 Å². The van der Waals surface area contributed by atoms with Gasteiger partial charge in [-0.2, -0.15) is 0 Å². The molecule has 74 valence electrons. The topological polar surface area (TPSA) is 46.3 Å². The number of hydrogen-bond acceptors (Lipinski definition) is 2. The van der Waals surface area contributed by atoms with Crippen molar-refractivity contribution in [2.24, 2.45) is 11.1 Å². The second kappa shape index (κ2) is 4.88. The van der Waals surface area contributed by atoms with E-state index in [9.17, 15) is 4.79 Å². The lowest BCUT2D eigenvalue weighted by molar-refractivity contribution is -0.125. The van der Waals surface area contributed by atoms with Gasteiger partial charge in [0, 0.05) is 13.6 Å². The summed E-state index contributed by atoms with van der Waals surface area (Å²) in [5.41, 5.74) is 5.51. The van der Waals surface area contributed by atoms with Crippen LogP contribution in [0.1, 0.15) is 20.8 Å². The molecule has 0 aromatic rings. The fraction of sp³-hybridized carbons (Fsp3) is 0.700. The summed E-state index contributed by atoms with van der Waals surface area (Å²) in [6.45, 7) is 6.90. The van der Waals surface area contributed by atoms with E-state index in [1.807, 2.05) is 13.8 Å². The Hall–Kier alpha value is -1.01. The molecular formula is C10H18N2O. The monoisotopic (exact) mass is 182 g/mol. The first-order chi connectivity index (χ1) is 5.93. The average Bonchev–Trinajstić information content (AvgIpc) is 2.04. The molecule has 0 spiro atoms. The van der Waals surface area contributed by atoms with Crippen molar-refractivity contribution in [3.8, 4) is 11.8 Å². The number of carbonyl (C=O) groups is 1. The molecule has 0 heterocycles.